The number of amides is 1. The van der Waals surface area contributed by atoms with Gasteiger partial charge in [-0.3, -0.25) is 15.1 Å². The van der Waals surface area contributed by atoms with Crippen LogP contribution < -0.4 is 10.6 Å². The first kappa shape index (κ1) is 23.5. The van der Waals surface area contributed by atoms with E-state index in [4.69, 9.17) is 0 Å². The minimum Gasteiger partial charge on any atom is -0.358 e. The van der Waals surface area contributed by atoms with E-state index in [0.29, 0.717) is 12.8 Å². The summed E-state index contributed by atoms with van der Waals surface area (Å²) in [6, 6.07) is 19.4. The van der Waals surface area contributed by atoms with Gasteiger partial charge in [0.1, 0.15) is 6.04 Å². The maximum absolute atomic E-state index is 12.9. The van der Waals surface area contributed by atoms with Crippen molar-refractivity contribution in [3.8, 4) is 0 Å². The maximum atomic E-state index is 12.9. The molecule has 3 aromatic rings. The van der Waals surface area contributed by atoms with Gasteiger partial charge in [-0.2, -0.15) is 13.2 Å². The Labute approximate surface area is 185 Å². The number of benzene rings is 2. The third-order valence-electron chi connectivity index (χ3n) is 5.28. The Kier molecular flexibility index (Phi) is 7.64. The molecule has 2 N–H and O–H groups in total. The van der Waals surface area contributed by atoms with E-state index in [1.807, 2.05) is 55.5 Å². The molecule has 0 aliphatic heterocycles. The van der Waals surface area contributed by atoms with Gasteiger partial charge in [0.2, 0.25) is 5.91 Å². The Balaban J connectivity index is 1.84. The minimum absolute atomic E-state index is 0.177. The molecule has 0 aliphatic carbocycles. The topological polar surface area (TPSA) is 54.0 Å². The predicted octanol–water partition coefficient (Wildman–Crippen LogP) is 5.16. The summed E-state index contributed by atoms with van der Waals surface area (Å²) in [5, 5.41) is 6.11. The Morgan fingerprint density at radius 1 is 0.969 bits per heavy atom. The number of hydrogen-bond donors (Lipinski definition) is 2. The van der Waals surface area contributed by atoms with Crippen molar-refractivity contribution in [2.45, 2.75) is 38.0 Å². The molecule has 0 bridgehead atoms. The average molecular weight is 441 g/mol. The number of carbonyl (C=O) groups is 1. The molecular formula is C25H26F3N3O. The van der Waals surface area contributed by atoms with Gasteiger partial charge in [-0.15, -0.1) is 0 Å². The molecule has 2 aromatic carbocycles. The first-order chi connectivity index (χ1) is 15.3. The van der Waals surface area contributed by atoms with E-state index < -0.39 is 17.8 Å². The lowest BCUT2D eigenvalue weighted by molar-refractivity contribution is -0.137. The fourth-order valence-electron chi connectivity index (χ4n) is 3.56. The Morgan fingerprint density at radius 3 is 2.25 bits per heavy atom. The number of halogens is 3. The molecule has 1 aromatic heterocycles. The minimum atomic E-state index is -4.36. The lowest BCUT2D eigenvalue weighted by atomic mass is 9.98. The summed E-state index contributed by atoms with van der Waals surface area (Å²) in [5.74, 6) is -0.177. The first-order valence-electron chi connectivity index (χ1n) is 10.4. The van der Waals surface area contributed by atoms with Crippen LogP contribution in [0.2, 0.25) is 0 Å². The molecular weight excluding hydrogens is 415 g/mol. The Morgan fingerprint density at radius 2 is 1.66 bits per heavy atom. The summed E-state index contributed by atoms with van der Waals surface area (Å²) in [5.41, 5.74) is 2.56. The Bertz CT molecular complexity index is 1020. The lowest BCUT2D eigenvalue weighted by Crippen LogP contribution is -2.38. The van der Waals surface area contributed by atoms with E-state index in [0.717, 1.165) is 34.6 Å². The molecule has 7 heteroatoms. The largest absolute Gasteiger partial charge is 0.416 e. The SMILES string of the molecule is CNC(=O)C(N[C@@H](CCc1ccc(C(F)(F)F)cc1)c1cccc(C)n1)c1ccccc1. The van der Waals surface area contributed by atoms with Gasteiger partial charge >= 0.3 is 6.18 Å². The van der Waals surface area contributed by atoms with Gasteiger partial charge in [-0.25, -0.2) is 0 Å². The number of nitrogens with one attached hydrogen (secondary N) is 2. The van der Waals surface area contributed by atoms with Gasteiger partial charge in [0.25, 0.3) is 0 Å². The zero-order valence-corrected chi connectivity index (χ0v) is 18.0. The van der Waals surface area contributed by atoms with Crippen LogP contribution in [0.5, 0.6) is 0 Å². The smallest absolute Gasteiger partial charge is 0.358 e. The van der Waals surface area contributed by atoms with Crippen LogP contribution in [0, 0.1) is 6.92 Å². The second kappa shape index (κ2) is 10.4. The normalized spacial score (nSPS) is 13.4. The summed E-state index contributed by atoms with van der Waals surface area (Å²) < 4.78 is 38.6. The van der Waals surface area contributed by atoms with Gasteiger partial charge in [0.15, 0.2) is 0 Å². The molecule has 1 heterocycles. The number of alkyl halides is 3. The number of carbonyl (C=O) groups excluding carboxylic acids is 1. The van der Waals surface area contributed by atoms with Crippen molar-refractivity contribution in [2.75, 3.05) is 7.05 Å². The molecule has 32 heavy (non-hydrogen) atoms. The average Bonchev–Trinajstić information content (AvgIpc) is 2.79. The van der Waals surface area contributed by atoms with Crippen LogP contribution in [0.1, 0.15) is 46.6 Å². The second-order valence-corrected chi connectivity index (χ2v) is 7.61. The fraction of sp³-hybridized carbons (Fsp3) is 0.280. The van der Waals surface area contributed by atoms with Crippen molar-refractivity contribution in [3.05, 3.63) is 101 Å². The molecule has 0 radical (unpaired) electrons. The summed E-state index contributed by atoms with van der Waals surface area (Å²) >= 11 is 0. The number of aryl methyl sites for hydroxylation is 2. The highest BCUT2D eigenvalue weighted by atomic mass is 19.4. The van der Waals surface area contributed by atoms with Crippen LogP contribution in [0.15, 0.2) is 72.8 Å². The summed E-state index contributed by atoms with van der Waals surface area (Å²) in [6.45, 7) is 1.89. The zero-order chi connectivity index (χ0) is 23.1. The van der Waals surface area contributed by atoms with Crippen LogP contribution >= 0.6 is 0 Å². The highest BCUT2D eigenvalue weighted by Crippen LogP contribution is 2.30. The fourth-order valence-corrected chi connectivity index (χ4v) is 3.56. The highest BCUT2D eigenvalue weighted by molar-refractivity contribution is 5.83. The van der Waals surface area contributed by atoms with Crippen LogP contribution in [-0.2, 0) is 17.4 Å². The summed E-state index contributed by atoms with van der Waals surface area (Å²) in [4.78, 5) is 17.3. The van der Waals surface area contributed by atoms with Crippen molar-refractivity contribution in [3.63, 3.8) is 0 Å². The molecule has 3 rings (SSSR count). The van der Waals surface area contributed by atoms with Crippen LogP contribution in [0.25, 0.3) is 0 Å². The molecule has 0 fully saturated rings. The van der Waals surface area contributed by atoms with E-state index in [1.54, 1.807) is 7.05 Å². The van der Waals surface area contributed by atoms with Gasteiger partial charge in [-0.05, 0) is 55.2 Å². The van der Waals surface area contributed by atoms with Crippen molar-refractivity contribution < 1.29 is 18.0 Å². The van der Waals surface area contributed by atoms with E-state index in [2.05, 4.69) is 15.6 Å². The van der Waals surface area contributed by atoms with Crippen molar-refractivity contribution in [1.82, 2.24) is 15.6 Å². The van der Waals surface area contributed by atoms with Crippen LogP contribution in [-0.4, -0.2) is 17.9 Å². The van der Waals surface area contributed by atoms with E-state index in [-0.39, 0.29) is 11.9 Å². The first-order valence-corrected chi connectivity index (χ1v) is 10.4. The molecule has 168 valence electrons. The zero-order valence-electron chi connectivity index (χ0n) is 18.0. The third-order valence-corrected chi connectivity index (χ3v) is 5.28. The molecule has 2 atom stereocenters. The number of rotatable bonds is 8. The van der Waals surface area contributed by atoms with Gasteiger partial charge in [0, 0.05) is 12.7 Å². The van der Waals surface area contributed by atoms with Gasteiger partial charge in [-0.1, -0.05) is 48.5 Å². The monoisotopic (exact) mass is 441 g/mol. The van der Waals surface area contributed by atoms with E-state index in [9.17, 15) is 18.0 Å². The molecule has 0 aliphatic rings. The third kappa shape index (κ3) is 6.17. The Hall–Kier alpha value is -3.19. The molecule has 1 unspecified atom stereocenters. The lowest BCUT2D eigenvalue weighted by Gasteiger charge is -2.25. The van der Waals surface area contributed by atoms with Crippen molar-refractivity contribution in [2.24, 2.45) is 0 Å². The number of hydrogen-bond acceptors (Lipinski definition) is 3. The second-order valence-electron chi connectivity index (χ2n) is 7.61. The van der Waals surface area contributed by atoms with Crippen molar-refractivity contribution >= 4 is 5.91 Å². The van der Waals surface area contributed by atoms with E-state index >= 15 is 0 Å². The molecule has 0 saturated heterocycles. The van der Waals surface area contributed by atoms with E-state index in [1.165, 1.54) is 12.1 Å². The van der Waals surface area contributed by atoms with Crippen molar-refractivity contribution in [1.29, 1.82) is 0 Å². The number of pyridine rings is 1. The molecule has 1 amide bonds. The van der Waals surface area contributed by atoms with Gasteiger partial charge < -0.3 is 5.32 Å². The molecule has 0 spiro atoms. The predicted molar refractivity (Wildman–Crippen MR) is 118 cm³/mol. The van der Waals surface area contributed by atoms with Gasteiger partial charge in [0.05, 0.1) is 17.3 Å². The quantitative estimate of drug-likeness (QED) is 0.508. The molecule has 0 saturated carbocycles. The van der Waals surface area contributed by atoms with Crippen LogP contribution in [0.3, 0.4) is 0 Å². The molecule has 4 nitrogen and oxygen atoms in total. The summed E-state index contributed by atoms with van der Waals surface area (Å²) in [7, 11) is 1.59. The standard InChI is InChI=1S/C25H26F3N3O/c1-17-7-6-10-21(30-17)22(16-13-18-11-14-20(15-12-18)25(26,27)28)31-23(24(32)29-2)19-8-4-3-5-9-19/h3-12,14-15,22-23,31H,13,16H2,1-2H3,(H,29,32)/t22-,23?/m0/s1. The highest BCUT2D eigenvalue weighted by Gasteiger charge is 2.30. The number of aromatic nitrogens is 1. The maximum Gasteiger partial charge on any atom is 0.416 e. The summed E-state index contributed by atoms with van der Waals surface area (Å²) in [6.07, 6.45) is -3.27. The number of nitrogens with zero attached hydrogens (tertiary/aromatic N) is 1. The number of likely N-dealkylation sites (N-methyl/N-ethyl adjacent to an activating group) is 1. The van der Waals surface area contributed by atoms with Crippen LogP contribution in [0.4, 0.5) is 13.2 Å².